The van der Waals surface area contributed by atoms with Gasteiger partial charge in [0.15, 0.2) is 23.1 Å². The highest BCUT2D eigenvalue weighted by Gasteiger charge is 2.44. The molecule has 17 heteroatoms. The summed E-state index contributed by atoms with van der Waals surface area (Å²) in [4.78, 5) is 70.0. The van der Waals surface area contributed by atoms with Crippen molar-refractivity contribution in [3.05, 3.63) is 57.6 Å². The van der Waals surface area contributed by atoms with Crippen molar-refractivity contribution in [1.82, 2.24) is 19.5 Å². The van der Waals surface area contributed by atoms with Crippen LogP contribution in [0, 0.1) is 0 Å². The van der Waals surface area contributed by atoms with Crippen molar-refractivity contribution in [1.29, 1.82) is 0 Å². The minimum atomic E-state index is -1.44. The summed E-state index contributed by atoms with van der Waals surface area (Å²) >= 11 is 0. The summed E-state index contributed by atoms with van der Waals surface area (Å²) in [5, 5.41) is 29.5. The summed E-state index contributed by atoms with van der Waals surface area (Å²) in [6.45, 7) is 3.53. The summed E-state index contributed by atoms with van der Waals surface area (Å²) in [7, 11) is 0. The summed E-state index contributed by atoms with van der Waals surface area (Å²) in [5.74, 6) is -0.212. The number of aromatic nitrogens is 4. The number of fused-ring (bicyclic) bond motifs is 1. The van der Waals surface area contributed by atoms with Crippen LogP contribution in [0.2, 0.25) is 0 Å². The minimum absolute atomic E-state index is 0.000430. The summed E-state index contributed by atoms with van der Waals surface area (Å²) < 4.78 is 12.4. The number of nitrogens with zero attached hydrogens (tertiary/aromatic N) is 3. The van der Waals surface area contributed by atoms with E-state index in [-0.39, 0.29) is 65.7 Å². The fraction of sp³-hybridized carbons (Fsp3) is 0.435. The lowest BCUT2D eigenvalue weighted by molar-refractivity contribution is -0.0312. The van der Waals surface area contributed by atoms with Crippen LogP contribution in [-0.2, 0) is 4.74 Å². The molecule has 0 bridgehead atoms. The smallest absolute Gasteiger partial charge is 0.280 e. The molecule has 8 N–H and O–H groups in total. The molecule has 0 spiro atoms. The van der Waals surface area contributed by atoms with Gasteiger partial charge in [-0.2, -0.15) is 4.98 Å². The van der Waals surface area contributed by atoms with E-state index in [1.165, 1.54) is 10.9 Å². The number of nitrogens with one attached hydrogen (secondary N) is 4. The van der Waals surface area contributed by atoms with Gasteiger partial charge >= 0.3 is 0 Å². The second-order valence-electron chi connectivity index (χ2n) is 9.49. The minimum Gasteiger partial charge on any atom is -0.485 e. The first-order valence-electron chi connectivity index (χ1n) is 12.3. The second-order valence-corrected chi connectivity index (χ2v) is 9.49. The molecule has 2 aromatic heterocycles. The first kappa shape index (κ1) is 27.0. The highest BCUT2D eigenvalue weighted by Crippen LogP contribution is 2.31. The number of hydrogen-bond donors (Lipinski definition) is 7. The molecular formula is C23H26N8O9. The van der Waals surface area contributed by atoms with Crippen molar-refractivity contribution in [3.63, 3.8) is 0 Å². The molecule has 0 saturated carbocycles. The van der Waals surface area contributed by atoms with E-state index in [0.29, 0.717) is 0 Å². The van der Waals surface area contributed by atoms with Crippen LogP contribution in [0.4, 0.5) is 23.0 Å². The van der Waals surface area contributed by atoms with Crippen molar-refractivity contribution in [3.8, 4) is 5.75 Å². The Morgan fingerprint density at radius 1 is 1.00 bits per heavy atom. The first-order chi connectivity index (χ1) is 19.0. The zero-order chi connectivity index (χ0) is 28.9. The molecule has 0 aliphatic carbocycles. The van der Waals surface area contributed by atoms with Crippen molar-refractivity contribution in [2.75, 3.05) is 41.3 Å². The number of aromatic amines is 1. The molecule has 0 amide bonds. The van der Waals surface area contributed by atoms with Crippen LogP contribution in [-0.4, -0.2) is 73.8 Å². The number of aliphatic hydroxyl groups excluding tert-OH is 2. The van der Waals surface area contributed by atoms with E-state index in [0.717, 1.165) is 0 Å². The molecule has 212 valence electrons. The monoisotopic (exact) mass is 558 g/mol. The first-order valence-corrected chi connectivity index (χ1v) is 12.3. The molecule has 17 nitrogen and oxygen atoms in total. The van der Waals surface area contributed by atoms with Crippen LogP contribution in [0.1, 0.15) is 20.1 Å². The maximum Gasteiger partial charge on any atom is 0.280 e. The van der Waals surface area contributed by atoms with E-state index < -0.39 is 51.8 Å². The van der Waals surface area contributed by atoms with Crippen LogP contribution in [0.3, 0.4) is 0 Å². The molecule has 4 atom stereocenters. The lowest BCUT2D eigenvalue weighted by Crippen LogP contribution is -2.41. The Hall–Kier alpha value is -4.61. The molecule has 0 unspecified atom stereocenters. The average Bonchev–Trinajstić information content (AvgIpc) is 3.46. The van der Waals surface area contributed by atoms with E-state index >= 15 is 0 Å². The van der Waals surface area contributed by atoms with Crippen LogP contribution in [0.5, 0.6) is 5.75 Å². The molecule has 1 aliphatic heterocycles. The zero-order valence-corrected chi connectivity index (χ0v) is 21.3. The Kier molecular flexibility index (Phi) is 6.86. The van der Waals surface area contributed by atoms with Crippen LogP contribution >= 0.6 is 0 Å². The third-order valence-corrected chi connectivity index (χ3v) is 6.40. The Labute approximate surface area is 223 Å². The number of anilines is 4. The fourth-order valence-corrected chi connectivity index (χ4v) is 4.44. The topological polar surface area (TPSA) is 253 Å². The molecule has 2 aromatic carbocycles. The molecule has 5 rings (SSSR count). The van der Waals surface area contributed by atoms with E-state index in [9.17, 15) is 34.2 Å². The van der Waals surface area contributed by atoms with E-state index in [1.54, 1.807) is 13.8 Å². The maximum atomic E-state index is 12.2. The standard InChI is InChI=1S/C23H26N8O9/c1-7(2)39-19-11(16(35)17(19)36)26-4-3-25-9-10(15(34)14(9)33)27-5-8-13(32)18(37)22(40-8)31-6-28-12-20(31)29-23(24)30-21(12)38/h6-8,13,18,22,25-27,32,37H,3-5H2,1-2H3,(H3,24,29,30,38)/t8-,13-,18-,22-/m1/s1. The molecule has 1 saturated heterocycles. The van der Waals surface area contributed by atoms with Crippen molar-refractivity contribution in [2.45, 2.75) is 44.5 Å². The summed E-state index contributed by atoms with van der Waals surface area (Å²) in [6.07, 6.45) is -4.11. The molecular weight excluding hydrogens is 532 g/mol. The zero-order valence-electron chi connectivity index (χ0n) is 21.3. The normalized spacial score (nSPS) is 21.0. The largest absolute Gasteiger partial charge is 0.485 e. The predicted octanol–water partition coefficient (Wildman–Crippen LogP) is -3.06. The molecule has 4 aromatic rings. The molecule has 40 heavy (non-hydrogen) atoms. The van der Waals surface area contributed by atoms with Gasteiger partial charge in [0, 0.05) is 19.6 Å². The Morgan fingerprint density at radius 3 is 2.30 bits per heavy atom. The number of imidazole rings is 1. The highest BCUT2D eigenvalue weighted by atomic mass is 16.6. The van der Waals surface area contributed by atoms with Gasteiger partial charge in [-0.25, -0.2) is 4.98 Å². The third-order valence-electron chi connectivity index (χ3n) is 6.40. The van der Waals surface area contributed by atoms with Gasteiger partial charge in [0.25, 0.3) is 27.3 Å². The molecule has 1 fully saturated rings. The number of ether oxygens (including phenoxy) is 2. The molecule has 1 aliphatic rings. The summed E-state index contributed by atoms with van der Waals surface area (Å²) in [6, 6.07) is 0. The van der Waals surface area contributed by atoms with Gasteiger partial charge in [0.1, 0.15) is 35.4 Å². The van der Waals surface area contributed by atoms with E-state index in [2.05, 4.69) is 30.9 Å². The van der Waals surface area contributed by atoms with Gasteiger partial charge < -0.3 is 41.4 Å². The number of aliphatic hydroxyl groups is 2. The third kappa shape index (κ3) is 4.48. The Bertz CT molecular complexity index is 1780. The van der Waals surface area contributed by atoms with Gasteiger partial charge in [-0.05, 0) is 13.8 Å². The SMILES string of the molecule is CC(C)Oc1c(NCCNc2c(NC[C@H]3O[C@@H](n4cnc5c(=O)[nH]c(N)nc54)[C@H](O)[C@@H]3O)c(=O)c2=O)c(=O)c1=O. The van der Waals surface area contributed by atoms with Crippen molar-refractivity contribution >= 4 is 34.2 Å². The lowest BCUT2D eigenvalue weighted by Gasteiger charge is -2.20. The van der Waals surface area contributed by atoms with Crippen molar-refractivity contribution < 1.29 is 19.7 Å². The quantitative estimate of drug-likeness (QED) is 0.0712. The van der Waals surface area contributed by atoms with Gasteiger partial charge in [-0.1, -0.05) is 0 Å². The summed E-state index contributed by atoms with van der Waals surface area (Å²) in [5.41, 5.74) is 2.09. The van der Waals surface area contributed by atoms with Crippen LogP contribution < -0.4 is 53.7 Å². The molecule has 3 heterocycles. The van der Waals surface area contributed by atoms with E-state index in [1.807, 2.05) is 0 Å². The molecule has 0 radical (unpaired) electrons. The number of nitrogens with two attached hydrogens (primary N) is 1. The van der Waals surface area contributed by atoms with E-state index in [4.69, 9.17) is 15.2 Å². The predicted molar refractivity (Wildman–Crippen MR) is 142 cm³/mol. The highest BCUT2D eigenvalue weighted by molar-refractivity contribution is 5.74. The number of rotatable bonds is 11. The van der Waals surface area contributed by atoms with Crippen LogP contribution in [0.25, 0.3) is 11.2 Å². The van der Waals surface area contributed by atoms with Gasteiger partial charge in [-0.3, -0.25) is 33.5 Å². The van der Waals surface area contributed by atoms with Crippen molar-refractivity contribution in [2.24, 2.45) is 0 Å². The van der Waals surface area contributed by atoms with Gasteiger partial charge in [0.2, 0.25) is 5.95 Å². The average molecular weight is 559 g/mol. The second kappa shape index (κ2) is 10.2. The maximum absolute atomic E-state index is 12.2. The number of H-pyrrole nitrogens is 1. The number of nitrogen functional groups attached to an aromatic ring is 1. The lowest BCUT2D eigenvalue weighted by atomic mass is 10.1. The number of hydrogen-bond acceptors (Lipinski definition) is 15. The van der Waals surface area contributed by atoms with Crippen LogP contribution in [0.15, 0.2) is 30.3 Å². The fourth-order valence-electron chi connectivity index (χ4n) is 4.44. The van der Waals surface area contributed by atoms with Gasteiger partial charge in [-0.15, -0.1) is 0 Å². The van der Waals surface area contributed by atoms with Gasteiger partial charge in [0.05, 0.1) is 12.4 Å². The Morgan fingerprint density at radius 2 is 1.62 bits per heavy atom. The Balaban J connectivity index is 1.20.